The minimum Gasteiger partial charge on any atom is -0.170 e. The number of alkyl halides is 1. The maximum absolute atomic E-state index is 5.81. The molecule has 0 aromatic rings. The van der Waals surface area contributed by atoms with Gasteiger partial charge in [0.1, 0.15) is 0 Å². The molecule has 0 spiro atoms. The molecule has 0 saturated carbocycles. The molecule has 0 aliphatic rings. The monoisotopic (exact) mass is 156 g/mol. The molecule has 0 bridgehead atoms. The molecule has 0 aromatic heterocycles. The lowest BCUT2D eigenvalue weighted by Crippen LogP contribution is -2.10. The summed E-state index contributed by atoms with van der Waals surface area (Å²) in [5, 5.41) is 0. The molecule has 0 amide bonds. The summed E-state index contributed by atoms with van der Waals surface area (Å²) in [7, 11) is -1.02. The average Bonchev–Trinajstić information content (AvgIpc) is 1.65. The molecule has 44 valence electrons. The van der Waals surface area contributed by atoms with Crippen molar-refractivity contribution in [1.82, 2.24) is 0 Å². The Morgan fingerprint density at radius 3 is 2.00 bits per heavy atom. The van der Waals surface area contributed by atoms with Crippen molar-refractivity contribution in [2.75, 3.05) is 5.50 Å². The molecule has 7 heavy (non-hydrogen) atoms. The smallest absolute Gasteiger partial charge is 0.158 e. The Morgan fingerprint density at radius 2 is 2.00 bits per heavy atom. The van der Waals surface area contributed by atoms with Gasteiger partial charge in [-0.3, -0.25) is 0 Å². The first-order chi connectivity index (χ1) is 3.18. The van der Waals surface area contributed by atoms with Crippen LogP contribution in [0.1, 0.15) is 13.8 Å². The van der Waals surface area contributed by atoms with E-state index in [2.05, 4.69) is 13.8 Å². The molecule has 0 aliphatic heterocycles. The fourth-order valence-corrected chi connectivity index (χ4v) is 1.60. The Morgan fingerprint density at radius 1 is 1.57 bits per heavy atom. The van der Waals surface area contributed by atoms with Crippen molar-refractivity contribution in [3.8, 4) is 0 Å². The average molecular weight is 157 g/mol. The third kappa shape index (κ3) is 3.39. The zero-order chi connectivity index (χ0) is 5.86. The van der Waals surface area contributed by atoms with Gasteiger partial charge in [0.15, 0.2) is 8.11 Å². The molecule has 0 aliphatic carbocycles. The highest BCUT2D eigenvalue weighted by atomic mass is 35.6. The summed E-state index contributed by atoms with van der Waals surface area (Å²) >= 11 is 11.3. The third-order valence-corrected chi connectivity index (χ3v) is 6.06. The Balaban J connectivity index is 3.14. The molecule has 0 heterocycles. The first-order valence-corrected chi connectivity index (χ1v) is 6.15. The van der Waals surface area contributed by atoms with Gasteiger partial charge in [0.2, 0.25) is 0 Å². The largest absolute Gasteiger partial charge is 0.170 e. The van der Waals surface area contributed by atoms with Crippen molar-refractivity contribution in [3.63, 3.8) is 0 Å². The second-order valence-corrected chi connectivity index (χ2v) is 7.20. The lowest BCUT2D eigenvalue weighted by Gasteiger charge is -2.04. The topological polar surface area (TPSA) is 0 Å². The molecular formula is C4H10Cl2Si. The molecule has 0 fully saturated rings. The molecular weight excluding hydrogens is 147 g/mol. The SMILES string of the molecule is CC(C)[SiH](Cl)CCl. The van der Waals surface area contributed by atoms with Gasteiger partial charge in [0, 0.05) is 5.50 Å². The van der Waals surface area contributed by atoms with E-state index in [0.717, 1.165) is 0 Å². The summed E-state index contributed by atoms with van der Waals surface area (Å²) in [5.74, 6) is 0. The van der Waals surface area contributed by atoms with Crippen LogP contribution in [0.2, 0.25) is 5.54 Å². The van der Waals surface area contributed by atoms with Crippen LogP contribution in [0, 0.1) is 0 Å². The fraction of sp³-hybridized carbons (Fsp3) is 1.00. The van der Waals surface area contributed by atoms with Crippen LogP contribution in [0.5, 0.6) is 0 Å². The van der Waals surface area contributed by atoms with Gasteiger partial charge < -0.3 is 0 Å². The van der Waals surface area contributed by atoms with Gasteiger partial charge in [-0.25, -0.2) is 0 Å². The van der Waals surface area contributed by atoms with Crippen LogP contribution in [0.25, 0.3) is 0 Å². The predicted molar refractivity (Wildman–Crippen MR) is 38.8 cm³/mol. The van der Waals surface area contributed by atoms with Crippen LogP contribution >= 0.6 is 22.7 Å². The van der Waals surface area contributed by atoms with Gasteiger partial charge >= 0.3 is 0 Å². The van der Waals surface area contributed by atoms with Crippen LogP contribution in [-0.2, 0) is 0 Å². The second-order valence-electron chi connectivity index (χ2n) is 1.91. The highest BCUT2D eigenvalue weighted by Gasteiger charge is 2.08. The molecule has 1 atom stereocenters. The highest BCUT2D eigenvalue weighted by Crippen LogP contribution is 2.11. The van der Waals surface area contributed by atoms with Crippen LogP contribution in [0.3, 0.4) is 0 Å². The molecule has 0 radical (unpaired) electrons. The zero-order valence-corrected chi connectivity index (χ0v) is 7.28. The van der Waals surface area contributed by atoms with E-state index < -0.39 is 8.11 Å². The number of rotatable bonds is 2. The van der Waals surface area contributed by atoms with Crippen molar-refractivity contribution < 1.29 is 0 Å². The van der Waals surface area contributed by atoms with Gasteiger partial charge in [-0.2, -0.15) is 11.1 Å². The summed E-state index contributed by atoms with van der Waals surface area (Å²) in [6.07, 6.45) is 0. The van der Waals surface area contributed by atoms with Crippen molar-refractivity contribution in [1.29, 1.82) is 0 Å². The Labute approximate surface area is 56.1 Å². The lowest BCUT2D eigenvalue weighted by atomic mass is 10.6. The summed E-state index contributed by atoms with van der Waals surface area (Å²) in [6, 6.07) is 0. The predicted octanol–water partition coefficient (Wildman–Crippen LogP) is 2.14. The van der Waals surface area contributed by atoms with Crippen molar-refractivity contribution in [2.45, 2.75) is 19.4 Å². The van der Waals surface area contributed by atoms with Crippen LogP contribution in [-0.4, -0.2) is 13.6 Å². The summed E-state index contributed by atoms with van der Waals surface area (Å²) in [5.41, 5.74) is 1.33. The van der Waals surface area contributed by atoms with Gasteiger partial charge in [0.05, 0.1) is 0 Å². The second kappa shape index (κ2) is 3.76. The fourth-order valence-electron chi connectivity index (χ4n) is 0.178. The van der Waals surface area contributed by atoms with E-state index in [1.54, 1.807) is 0 Å². The van der Waals surface area contributed by atoms with Gasteiger partial charge in [-0.05, 0) is 5.54 Å². The number of hydrogen-bond acceptors (Lipinski definition) is 0. The van der Waals surface area contributed by atoms with Gasteiger partial charge in [0.25, 0.3) is 0 Å². The summed E-state index contributed by atoms with van der Waals surface area (Å²) < 4.78 is 0. The standard InChI is InChI=1S/C4H10Cl2Si/c1-4(2)7(6)3-5/h4,7H,3H2,1-2H3. The van der Waals surface area contributed by atoms with E-state index in [1.807, 2.05) is 0 Å². The minimum absolute atomic E-state index is 0.638. The number of halogens is 2. The van der Waals surface area contributed by atoms with Crippen LogP contribution in [0.15, 0.2) is 0 Å². The molecule has 0 nitrogen and oxygen atoms in total. The lowest BCUT2D eigenvalue weighted by molar-refractivity contribution is 1.05. The normalized spacial score (nSPS) is 15.0. The maximum atomic E-state index is 5.81. The highest BCUT2D eigenvalue weighted by molar-refractivity contribution is 7.10. The Hall–Kier alpha value is 0.797. The van der Waals surface area contributed by atoms with Gasteiger partial charge in [-0.15, -0.1) is 11.6 Å². The van der Waals surface area contributed by atoms with E-state index in [-0.39, 0.29) is 0 Å². The summed E-state index contributed by atoms with van der Waals surface area (Å²) in [4.78, 5) is 0. The van der Waals surface area contributed by atoms with Crippen molar-refractivity contribution in [2.24, 2.45) is 0 Å². The van der Waals surface area contributed by atoms with E-state index in [9.17, 15) is 0 Å². The molecule has 0 N–H and O–H groups in total. The minimum atomic E-state index is -1.02. The van der Waals surface area contributed by atoms with E-state index in [4.69, 9.17) is 22.7 Å². The van der Waals surface area contributed by atoms with Crippen molar-refractivity contribution in [3.05, 3.63) is 0 Å². The van der Waals surface area contributed by atoms with E-state index in [1.165, 1.54) is 0 Å². The van der Waals surface area contributed by atoms with Crippen molar-refractivity contribution >= 4 is 30.8 Å². The molecule has 3 heteroatoms. The zero-order valence-electron chi connectivity index (χ0n) is 4.62. The van der Waals surface area contributed by atoms with Crippen LogP contribution in [0.4, 0.5) is 0 Å². The number of hydrogen-bond donors (Lipinski definition) is 0. The first-order valence-electron chi connectivity index (χ1n) is 2.38. The quantitative estimate of drug-likeness (QED) is 0.327. The van der Waals surface area contributed by atoms with Crippen LogP contribution < -0.4 is 0 Å². The van der Waals surface area contributed by atoms with E-state index in [0.29, 0.717) is 11.0 Å². The van der Waals surface area contributed by atoms with Gasteiger partial charge in [-0.1, -0.05) is 13.8 Å². The third-order valence-electron chi connectivity index (χ3n) is 0.871. The Kier molecular flexibility index (Phi) is 4.18. The molecule has 0 saturated heterocycles. The molecule has 1 unspecified atom stereocenters. The maximum Gasteiger partial charge on any atom is 0.158 e. The van der Waals surface area contributed by atoms with E-state index >= 15 is 0 Å². The first kappa shape index (κ1) is 7.80. The summed E-state index contributed by atoms with van der Waals surface area (Å²) in [6.45, 7) is 4.23. The molecule has 0 aromatic carbocycles. The Bertz CT molecular complexity index is 47.0. The molecule has 0 rings (SSSR count).